The first kappa shape index (κ1) is 25.3. The van der Waals surface area contributed by atoms with Crippen LogP contribution >= 0.6 is 0 Å². The molecule has 0 aromatic rings. The van der Waals surface area contributed by atoms with Gasteiger partial charge in [0.15, 0.2) is 0 Å². The highest BCUT2D eigenvalue weighted by molar-refractivity contribution is 5.49. The highest BCUT2D eigenvalue weighted by Crippen LogP contribution is 2.67. The zero-order valence-electron chi connectivity index (χ0n) is 21.5. The third kappa shape index (κ3) is 4.60. The van der Waals surface area contributed by atoms with Crippen LogP contribution in [0.1, 0.15) is 78.6 Å². The molecular weight excluding hydrogens is 416 g/mol. The Kier molecular flexibility index (Phi) is 8.04. The summed E-state index contributed by atoms with van der Waals surface area (Å²) in [5.41, 5.74) is 2.04. The molecule has 4 aliphatic carbocycles. The van der Waals surface area contributed by atoms with E-state index in [9.17, 15) is 4.79 Å². The van der Waals surface area contributed by atoms with Crippen LogP contribution in [0.15, 0.2) is 11.6 Å². The van der Waals surface area contributed by atoms with E-state index in [0.717, 1.165) is 50.7 Å². The zero-order chi connectivity index (χ0) is 23.6. The largest absolute Gasteiger partial charge is 0.359 e. The van der Waals surface area contributed by atoms with Crippen LogP contribution in [-0.2, 0) is 23.7 Å². The molecule has 0 radical (unpaired) electrons. The number of methoxy groups -OCH3 is 2. The summed E-state index contributed by atoms with van der Waals surface area (Å²) in [5, 5.41) is 0. The van der Waals surface area contributed by atoms with Gasteiger partial charge in [0.1, 0.15) is 19.9 Å². The van der Waals surface area contributed by atoms with Crippen molar-refractivity contribution in [2.75, 3.05) is 27.8 Å². The Balaban J connectivity index is 1.61. The molecule has 5 heteroatoms. The van der Waals surface area contributed by atoms with E-state index in [4.69, 9.17) is 18.9 Å². The molecule has 0 spiro atoms. The van der Waals surface area contributed by atoms with Gasteiger partial charge in [-0.15, -0.1) is 0 Å². The van der Waals surface area contributed by atoms with Gasteiger partial charge in [0, 0.05) is 20.6 Å². The molecule has 9 atom stereocenters. The Morgan fingerprint density at radius 3 is 2.61 bits per heavy atom. The van der Waals surface area contributed by atoms with Crippen LogP contribution in [0.4, 0.5) is 0 Å². The Hall–Kier alpha value is -0.750. The second kappa shape index (κ2) is 10.5. The van der Waals surface area contributed by atoms with Gasteiger partial charge in [0.25, 0.3) is 0 Å². The van der Waals surface area contributed by atoms with E-state index in [1.54, 1.807) is 19.8 Å². The summed E-state index contributed by atoms with van der Waals surface area (Å²) in [7, 11) is 3.43. The van der Waals surface area contributed by atoms with Gasteiger partial charge >= 0.3 is 0 Å². The zero-order valence-corrected chi connectivity index (χ0v) is 21.5. The number of hydrogen-bond acceptors (Lipinski definition) is 5. The normalized spacial score (nSPS) is 43.2. The molecule has 5 nitrogen and oxygen atoms in total. The van der Waals surface area contributed by atoms with Gasteiger partial charge in [0.05, 0.1) is 12.2 Å². The smallest absolute Gasteiger partial charge is 0.146 e. The van der Waals surface area contributed by atoms with E-state index in [-0.39, 0.29) is 23.0 Å². The van der Waals surface area contributed by atoms with Crippen LogP contribution < -0.4 is 0 Å². The lowest BCUT2D eigenvalue weighted by molar-refractivity contribution is -0.185. The van der Waals surface area contributed by atoms with Gasteiger partial charge in [-0.05, 0) is 91.8 Å². The molecule has 0 aromatic carbocycles. The van der Waals surface area contributed by atoms with Crippen molar-refractivity contribution in [3.05, 3.63) is 11.6 Å². The molecule has 3 saturated carbocycles. The molecule has 0 heterocycles. The van der Waals surface area contributed by atoms with E-state index >= 15 is 0 Å². The number of aldehydes is 1. The Bertz CT molecular complexity index is 706. The van der Waals surface area contributed by atoms with Gasteiger partial charge in [-0.1, -0.05) is 32.4 Å². The standard InChI is InChI=1S/C28H46O5/c1-19(7-6-14-29)23-10-11-24-22-9-8-20-15-21(32-17-30-4)12-13-27(20,2)26(22)25(33-18-31-5)16-28(23,24)3/h8,14,19,21-26H,6-7,9-13,15-18H2,1-5H3/t19-,21+,22+,23-,24+,25-,26-,27+,28-/m1/s1. The van der Waals surface area contributed by atoms with Crippen LogP contribution in [0.25, 0.3) is 0 Å². The summed E-state index contributed by atoms with van der Waals surface area (Å²) in [4.78, 5) is 11.0. The van der Waals surface area contributed by atoms with Crippen molar-refractivity contribution in [1.29, 1.82) is 0 Å². The number of carbonyl (C=O) groups excluding carboxylic acids is 1. The first-order chi connectivity index (χ1) is 15.9. The van der Waals surface area contributed by atoms with Crippen LogP contribution in [0, 0.1) is 40.4 Å². The Morgan fingerprint density at radius 2 is 1.88 bits per heavy atom. The third-order valence-electron chi connectivity index (χ3n) is 10.3. The van der Waals surface area contributed by atoms with Crippen molar-refractivity contribution in [2.45, 2.75) is 90.8 Å². The molecule has 0 N–H and O–H groups in total. The van der Waals surface area contributed by atoms with Crippen LogP contribution in [0.2, 0.25) is 0 Å². The van der Waals surface area contributed by atoms with E-state index in [0.29, 0.717) is 43.7 Å². The quantitative estimate of drug-likeness (QED) is 0.234. The molecule has 0 amide bonds. The van der Waals surface area contributed by atoms with Crippen molar-refractivity contribution in [3.8, 4) is 0 Å². The molecule has 0 aliphatic heterocycles. The minimum absolute atomic E-state index is 0.177. The SMILES string of the molecule is COCO[C@H]1CC[C@@]2(C)C(=CC[C@@H]3[C@@H]2[C@H](OCOC)C[C@]2(C)[C@@H]([C@H](C)CCC=O)CC[C@@H]32)C1. The molecular formula is C28H46O5. The Morgan fingerprint density at radius 1 is 1.12 bits per heavy atom. The van der Waals surface area contributed by atoms with Crippen molar-refractivity contribution < 1.29 is 23.7 Å². The van der Waals surface area contributed by atoms with Gasteiger partial charge in [-0.3, -0.25) is 0 Å². The number of ether oxygens (including phenoxy) is 4. The molecule has 3 fully saturated rings. The Labute approximate surface area is 200 Å². The minimum Gasteiger partial charge on any atom is -0.359 e. The summed E-state index contributed by atoms with van der Waals surface area (Å²) < 4.78 is 23.1. The van der Waals surface area contributed by atoms with Crippen molar-refractivity contribution in [3.63, 3.8) is 0 Å². The third-order valence-corrected chi connectivity index (χ3v) is 10.3. The fraction of sp³-hybridized carbons (Fsp3) is 0.893. The minimum atomic E-state index is 0.177. The molecule has 188 valence electrons. The summed E-state index contributed by atoms with van der Waals surface area (Å²) in [6, 6.07) is 0. The van der Waals surface area contributed by atoms with Gasteiger partial charge < -0.3 is 23.7 Å². The number of carbonyl (C=O) groups is 1. The molecule has 33 heavy (non-hydrogen) atoms. The van der Waals surface area contributed by atoms with Gasteiger partial charge in [-0.2, -0.15) is 0 Å². The molecule has 0 aromatic heterocycles. The van der Waals surface area contributed by atoms with Crippen LogP contribution in [0.5, 0.6) is 0 Å². The molecule has 0 bridgehead atoms. The number of hydrogen-bond donors (Lipinski definition) is 0. The van der Waals surface area contributed by atoms with Crippen LogP contribution in [-0.4, -0.2) is 46.3 Å². The summed E-state index contributed by atoms with van der Waals surface area (Å²) in [6.45, 7) is 8.18. The molecule has 0 unspecified atom stereocenters. The lowest BCUT2D eigenvalue weighted by Crippen LogP contribution is -2.57. The van der Waals surface area contributed by atoms with Crippen molar-refractivity contribution in [1.82, 2.24) is 0 Å². The van der Waals surface area contributed by atoms with E-state index in [1.165, 1.54) is 12.8 Å². The topological polar surface area (TPSA) is 54.0 Å². The summed E-state index contributed by atoms with van der Waals surface area (Å²) in [5.74, 6) is 3.21. The maximum absolute atomic E-state index is 11.0. The average Bonchev–Trinajstić information content (AvgIpc) is 3.16. The first-order valence-electron chi connectivity index (χ1n) is 13.2. The highest BCUT2D eigenvalue weighted by atomic mass is 16.7. The van der Waals surface area contributed by atoms with E-state index in [1.807, 2.05) is 0 Å². The first-order valence-corrected chi connectivity index (χ1v) is 13.2. The van der Waals surface area contributed by atoms with Gasteiger partial charge in [0.2, 0.25) is 0 Å². The second-order valence-corrected chi connectivity index (χ2v) is 11.8. The van der Waals surface area contributed by atoms with Gasteiger partial charge in [-0.25, -0.2) is 0 Å². The molecule has 4 rings (SSSR count). The monoisotopic (exact) mass is 462 g/mol. The van der Waals surface area contributed by atoms with Crippen molar-refractivity contribution >= 4 is 6.29 Å². The van der Waals surface area contributed by atoms with Crippen LogP contribution in [0.3, 0.4) is 0 Å². The number of allylic oxidation sites excluding steroid dienone is 1. The number of rotatable bonds is 10. The fourth-order valence-corrected chi connectivity index (χ4v) is 8.85. The van der Waals surface area contributed by atoms with Crippen molar-refractivity contribution in [2.24, 2.45) is 40.4 Å². The fourth-order valence-electron chi connectivity index (χ4n) is 8.85. The molecule has 4 aliphatic rings. The average molecular weight is 463 g/mol. The predicted octanol–water partition coefficient (Wildman–Crippen LogP) is 5.77. The molecule has 0 saturated heterocycles. The second-order valence-electron chi connectivity index (χ2n) is 11.8. The predicted molar refractivity (Wildman–Crippen MR) is 129 cm³/mol. The summed E-state index contributed by atoms with van der Waals surface area (Å²) in [6.07, 6.45) is 14.0. The highest BCUT2D eigenvalue weighted by Gasteiger charge is 2.62. The van der Waals surface area contributed by atoms with E-state index < -0.39 is 0 Å². The lowest BCUT2D eigenvalue weighted by Gasteiger charge is -2.61. The lowest BCUT2D eigenvalue weighted by atomic mass is 9.46. The summed E-state index contributed by atoms with van der Waals surface area (Å²) >= 11 is 0. The number of fused-ring (bicyclic) bond motifs is 5. The maximum Gasteiger partial charge on any atom is 0.146 e. The van der Waals surface area contributed by atoms with E-state index in [2.05, 4.69) is 26.8 Å². The maximum atomic E-state index is 11.0.